The Hall–Kier alpha value is -2.04. The van der Waals surface area contributed by atoms with Gasteiger partial charge in [0.1, 0.15) is 0 Å². The highest BCUT2D eigenvalue weighted by Gasteiger charge is 2.64. The van der Waals surface area contributed by atoms with Crippen molar-refractivity contribution in [3.05, 3.63) is 23.8 Å². The van der Waals surface area contributed by atoms with Crippen LogP contribution in [0.1, 0.15) is 38.2 Å². The van der Waals surface area contributed by atoms with Gasteiger partial charge in [0.2, 0.25) is 5.91 Å². The number of ether oxygens (including phenoxy) is 1. The first-order valence-corrected chi connectivity index (χ1v) is 7.76. The second-order valence-electron chi connectivity index (χ2n) is 6.50. The fourth-order valence-electron chi connectivity index (χ4n) is 3.86. The van der Waals surface area contributed by atoms with Crippen LogP contribution in [0.5, 0.6) is 11.5 Å². The summed E-state index contributed by atoms with van der Waals surface area (Å²) in [6.07, 6.45) is 6.34. The van der Waals surface area contributed by atoms with Crippen LogP contribution in [-0.2, 0) is 4.79 Å². The molecule has 5 nitrogen and oxygen atoms in total. The lowest BCUT2D eigenvalue weighted by Gasteiger charge is -2.15. The first-order valence-electron chi connectivity index (χ1n) is 7.76. The van der Waals surface area contributed by atoms with E-state index in [-0.39, 0.29) is 23.0 Å². The molecule has 1 aromatic rings. The molecule has 0 radical (unpaired) electrons. The standard InChI is InChI=1S/C17H22N2O3/c1-17-8-4-3-5-12(17)15(17)16(21)19-18-10-11-6-7-13(20)14(9-11)22-2/h6-7,9-10,12,15,20H,3-5,8H2,1-2H3,(H,19,21)/b18-10+/t12-,15-,17-/m1/s1. The van der Waals surface area contributed by atoms with E-state index in [1.165, 1.54) is 20.0 Å². The van der Waals surface area contributed by atoms with E-state index in [1.807, 2.05) is 0 Å². The zero-order valence-corrected chi connectivity index (χ0v) is 13.0. The molecule has 2 N–H and O–H groups in total. The van der Waals surface area contributed by atoms with Crippen molar-refractivity contribution in [3.63, 3.8) is 0 Å². The van der Waals surface area contributed by atoms with Crippen molar-refractivity contribution in [2.75, 3.05) is 7.11 Å². The van der Waals surface area contributed by atoms with Crippen LogP contribution in [0.25, 0.3) is 0 Å². The Balaban J connectivity index is 1.59. The summed E-state index contributed by atoms with van der Waals surface area (Å²) in [4.78, 5) is 12.3. The summed E-state index contributed by atoms with van der Waals surface area (Å²) in [5.74, 6) is 1.14. The molecule has 1 aromatic carbocycles. The highest BCUT2D eigenvalue weighted by molar-refractivity contribution is 5.86. The summed E-state index contributed by atoms with van der Waals surface area (Å²) in [5, 5.41) is 13.6. The van der Waals surface area contributed by atoms with Crippen molar-refractivity contribution in [1.29, 1.82) is 0 Å². The minimum atomic E-state index is 0.0244. The summed E-state index contributed by atoms with van der Waals surface area (Å²) < 4.78 is 5.04. The third kappa shape index (κ3) is 2.56. The zero-order chi connectivity index (χ0) is 15.7. The van der Waals surface area contributed by atoms with Crippen LogP contribution in [0.4, 0.5) is 0 Å². The number of carbonyl (C=O) groups excluding carboxylic acids is 1. The van der Waals surface area contributed by atoms with E-state index in [2.05, 4.69) is 17.5 Å². The topological polar surface area (TPSA) is 70.9 Å². The van der Waals surface area contributed by atoms with Crippen molar-refractivity contribution in [1.82, 2.24) is 5.43 Å². The van der Waals surface area contributed by atoms with Gasteiger partial charge in [-0.25, -0.2) is 5.43 Å². The maximum absolute atomic E-state index is 12.3. The van der Waals surface area contributed by atoms with Crippen LogP contribution in [0.3, 0.4) is 0 Å². The van der Waals surface area contributed by atoms with Gasteiger partial charge in [-0.15, -0.1) is 0 Å². The van der Waals surface area contributed by atoms with Crippen molar-refractivity contribution < 1.29 is 14.6 Å². The number of benzene rings is 1. The molecule has 0 aliphatic heterocycles. The second kappa shape index (κ2) is 5.63. The van der Waals surface area contributed by atoms with E-state index in [0.29, 0.717) is 11.7 Å². The number of nitrogens with zero attached hydrogens (tertiary/aromatic N) is 1. The van der Waals surface area contributed by atoms with Gasteiger partial charge < -0.3 is 9.84 Å². The lowest BCUT2D eigenvalue weighted by molar-refractivity contribution is -0.123. The lowest BCUT2D eigenvalue weighted by atomic mass is 9.90. The van der Waals surface area contributed by atoms with E-state index in [1.54, 1.807) is 24.4 Å². The summed E-state index contributed by atoms with van der Waals surface area (Å²) in [6.45, 7) is 2.22. The molecule has 5 heteroatoms. The third-order valence-corrected chi connectivity index (χ3v) is 5.21. The quantitative estimate of drug-likeness (QED) is 0.663. The monoisotopic (exact) mass is 302 g/mol. The van der Waals surface area contributed by atoms with Crippen LogP contribution in [-0.4, -0.2) is 24.3 Å². The average molecular weight is 302 g/mol. The van der Waals surface area contributed by atoms with Gasteiger partial charge >= 0.3 is 0 Å². The number of amides is 1. The fraction of sp³-hybridized carbons (Fsp3) is 0.529. The van der Waals surface area contributed by atoms with Crippen LogP contribution in [0.15, 0.2) is 23.3 Å². The lowest BCUT2D eigenvalue weighted by Crippen LogP contribution is -2.22. The molecule has 3 rings (SSSR count). The van der Waals surface area contributed by atoms with Gasteiger partial charge in [-0.3, -0.25) is 4.79 Å². The molecule has 2 fully saturated rings. The Kier molecular flexibility index (Phi) is 3.81. The average Bonchev–Trinajstić information content (AvgIpc) is 3.14. The Labute approximate surface area is 130 Å². The van der Waals surface area contributed by atoms with Gasteiger partial charge in [0, 0.05) is 5.92 Å². The minimum Gasteiger partial charge on any atom is -0.504 e. The van der Waals surface area contributed by atoms with Crippen molar-refractivity contribution in [3.8, 4) is 11.5 Å². The molecule has 0 heterocycles. The number of nitrogens with one attached hydrogen (secondary N) is 1. The first-order chi connectivity index (χ1) is 10.6. The van der Waals surface area contributed by atoms with Gasteiger partial charge in [0.25, 0.3) is 0 Å². The molecule has 0 spiro atoms. The molecule has 0 bridgehead atoms. The summed E-state index contributed by atoms with van der Waals surface area (Å²) >= 11 is 0. The van der Waals surface area contributed by atoms with E-state index in [0.717, 1.165) is 18.4 Å². The predicted molar refractivity (Wildman–Crippen MR) is 84.0 cm³/mol. The Morgan fingerprint density at radius 1 is 1.50 bits per heavy atom. The number of methoxy groups -OCH3 is 1. The number of hydrazone groups is 1. The largest absolute Gasteiger partial charge is 0.504 e. The molecule has 0 aromatic heterocycles. The summed E-state index contributed by atoms with van der Waals surface area (Å²) in [5.41, 5.74) is 3.61. The van der Waals surface area contributed by atoms with Crippen LogP contribution >= 0.6 is 0 Å². The van der Waals surface area contributed by atoms with Gasteiger partial charge in [-0.2, -0.15) is 5.10 Å². The van der Waals surface area contributed by atoms with Crippen molar-refractivity contribution in [2.45, 2.75) is 32.6 Å². The zero-order valence-electron chi connectivity index (χ0n) is 13.0. The van der Waals surface area contributed by atoms with Crippen molar-refractivity contribution >= 4 is 12.1 Å². The van der Waals surface area contributed by atoms with E-state index in [4.69, 9.17) is 4.74 Å². The number of aromatic hydroxyl groups is 1. The number of rotatable bonds is 4. The number of phenols is 1. The molecular formula is C17H22N2O3. The highest BCUT2D eigenvalue weighted by atomic mass is 16.5. The van der Waals surface area contributed by atoms with Crippen molar-refractivity contribution in [2.24, 2.45) is 22.4 Å². The normalized spacial score (nSPS) is 29.9. The Bertz CT molecular complexity index is 614. The first kappa shape index (κ1) is 14.9. The SMILES string of the molecule is COc1cc(/C=N/NC(=O)[C@H]2[C@H]3CCCC[C@]32C)ccc1O. The molecule has 118 valence electrons. The molecule has 1 amide bonds. The summed E-state index contributed by atoms with van der Waals surface area (Å²) in [6, 6.07) is 4.92. The van der Waals surface area contributed by atoms with E-state index in [9.17, 15) is 9.90 Å². The maximum atomic E-state index is 12.3. The Morgan fingerprint density at radius 3 is 3.00 bits per heavy atom. The molecule has 3 atom stereocenters. The number of hydrogen-bond acceptors (Lipinski definition) is 4. The number of fused-ring (bicyclic) bond motifs is 1. The predicted octanol–water partition coefficient (Wildman–Crippen LogP) is 2.68. The molecule has 0 unspecified atom stereocenters. The van der Waals surface area contributed by atoms with Gasteiger partial charge in [-0.05, 0) is 47.9 Å². The van der Waals surface area contributed by atoms with E-state index < -0.39 is 0 Å². The van der Waals surface area contributed by atoms with E-state index >= 15 is 0 Å². The smallest absolute Gasteiger partial charge is 0.244 e. The molecule has 2 aliphatic carbocycles. The molecule has 22 heavy (non-hydrogen) atoms. The molecular weight excluding hydrogens is 280 g/mol. The molecule has 2 saturated carbocycles. The van der Waals surface area contributed by atoms with Crippen LogP contribution in [0, 0.1) is 17.3 Å². The number of carbonyl (C=O) groups is 1. The fourth-order valence-corrected chi connectivity index (χ4v) is 3.86. The third-order valence-electron chi connectivity index (χ3n) is 5.21. The van der Waals surface area contributed by atoms with Gasteiger partial charge in [0.05, 0.1) is 13.3 Å². The molecule has 0 saturated heterocycles. The van der Waals surface area contributed by atoms with Gasteiger partial charge in [-0.1, -0.05) is 19.8 Å². The van der Waals surface area contributed by atoms with Gasteiger partial charge in [0.15, 0.2) is 11.5 Å². The molecule has 2 aliphatic rings. The second-order valence-corrected chi connectivity index (χ2v) is 6.50. The van der Waals surface area contributed by atoms with Crippen LogP contribution < -0.4 is 10.2 Å². The van der Waals surface area contributed by atoms with Crippen LogP contribution in [0.2, 0.25) is 0 Å². The highest BCUT2D eigenvalue weighted by Crippen LogP contribution is 2.66. The number of phenolic OH excluding ortho intramolecular Hbond substituents is 1. The minimum absolute atomic E-state index is 0.0244. The Morgan fingerprint density at radius 2 is 2.32 bits per heavy atom. The number of hydrogen-bond donors (Lipinski definition) is 2. The maximum Gasteiger partial charge on any atom is 0.244 e. The summed E-state index contributed by atoms with van der Waals surface area (Å²) in [7, 11) is 1.49.